The third-order valence-corrected chi connectivity index (χ3v) is 2.98. The summed E-state index contributed by atoms with van der Waals surface area (Å²) in [6.07, 6.45) is -0.714. The zero-order valence-corrected chi connectivity index (χ0v) is 12.3. The fraction of sp³-hybridized carbons (Fsp3) is 0.357. The number of hydrogen-bond donors (Lipinski definition) is 0. The zero-order valence-electron chi connectivity index (χ0n) is 10.7. The summed E-state index contributed by atoms with van der Waals surface area (Å²) in [5, 5.41) is 0. The number of rotatable bonds is 3. The van der Waals surface area contributed by atoms with Crippen molar-refractivity contribution in [3.05, 3.63) is 34.3 Å². The van der Waals surface area contributed by atoms with E-state index in [-0.39, 0.29) is 5.91 Å². The molecular weight excluding hydrogens is 294 g/mol. The van der Waals surface area contributed by atoms with Crippen LogP contribution in [0.15, 0.2) is 28.7 Å². The highest BCUT2D eigenvalue weighted by Crippen LogP contribution is 2.10. The van der Waals surface area contributed by atoms with Crippen LogP contribution in [0.5, 0.6) is 0 Å². The molecule has 0 aliphatic heterocycles. The molecule has 0 aliphatic carbocycles. The fourth-order valence-corrected chi connectivity index (χ4v) is 1.69. The Kier molecular flexibility index (Phi) is 5.90. The van der Waals surface area contributed by atoms with Gasteiger partial charge in [-0.3, -0.25) is 4.79 Å². The van der Waals surface area contributed by atoms with E-state index in [1.807, 2.05) is 31.2 Å². The first kappa shape index (κ1) is 14.7. The highest BCUT2D eigenvalue weighted by Gasteiger charge is 2.17. The van der Waals surface area contributed by atoms with Gasteiger partial charge in [-0.15, -0.1) is 0 Å². The van der Waals surface area contributed by atoms with E-state index in [1.54, 1.807) is 11.9 Å². The van der Waals surface area contributed by atoms with Crippen LogP contribution < -0.4 is 0 Å². The van der Waals surface area contributed by atoms with Crippen LogP contribution in [0.4, 0.5) is 0 Å². The number of likely N-dealkylation sites (N-methyl/N-ethyl adjacent to an activating group) is 1. The SMILES string of the molecule is CCN(C)C(=O)C(C#Cc1cccc(Br)c1)OC. The van der Waals surface area contributed by atoms with Crippen molar-refractivity contribution in [2.24, 2.45) is 0 Å². The van der Waals surface area contributed by atoms with Crippen molar-refractivity contribution in [3.63, 3.8) is 0 Å². The predicted molar refractivity (Wildman–Crippen MR) is 75.1 cm³/mol. The Hall–Kier alpha value is -1.31. The summed E-state index contributed by atoms with van der Waals surface area (Å²) in [6.45, 7) is 2.55. The van der Waals surface area contributed by atoms with Crippen LogP contribution in [-0.2, 0) is 9.53 Å². The number of carbonyl (C=O) groups excluding carboxylic acids is 1. The standard InChI is InChI=1S/C14H16BrNO2/c1-4-16(2)14(17)13(18-3)9-8-11-6-5-7-12(15)10-11/h5-7,10,13H,4H2,1-3H3. The van der Waals surface area contributed by atoms with Crippen LogP contribution in [0.25, 0.3) is 0 Å². The number of hydrogen-bond acceptors (Lipinski definition) is 2. The van der Waals surface area contributed by atoms with E-state index in [2.05, 4.69) is 27.8 Å². The molecule has 0 aliphatic rings. The summed E-state index contributed by atoms with van der Waals surface area (Å²) in [5.74, 6) is 5.66. The van der Waals surface area contributed by atoms with Gasteiger partial charge in [-0.1, -0.05) is 33.8 Å². The van der Waals surface area contributed by atoms with Crippen molar-refractivity contribution >= 4 is 21.8 Å². The summed E-state index contributed by atoms with van der Waals surface area (Å²) in [5.41, 5.74) is 0.846. The smallest absolute Gasteiger partial charge is 0.263 e. The average Bonchev–Trinajstić information content (AvgIpc) is 2.38. The number of ether oxygens (including phenoxy) is 1. The molecule has 1 aromatic carbocycles. The van der Waals surface area contributed by atoms with Crippen molar-refractivity contribution in [2.45, 2.75) is 13.0 Å². The maximum absolute atomic E-state index is 11.9. The van der Waals surface area contributed by atoms with E-state index in [1.165, 1.54) is 7.11 Å². The summed E-state index contributed by atoms with van der Waals surface area (Å²) >= 11 is 3.38. The normalized spacial score (nSPS) is 11.3. The van der Waals surface area contributed by atoms with Crippen molar-refractivity contribution in [2.75, 3.05) is 20.7 Å². The van der Waals surface area contributed by atoms with E-state index in [9.17, 15) is 4.79 Å². The Morgan fingerprint density at radius 2 is 2.28 bits per heavy atom. The van der Waals surface area contributed by atoms with Gasteiger partial charge in [0.25, 0.3) is 5.91 Å². The number of halogens is 1. The highest BCUT2D eigenvalue weighted by molar-refractivity contribution is 9.10. The van der Waals surface area contributed by atoms with Gasteiger partial charge in [0.1, 0.15) is 0 Å². The van der Waals surface area contributed by atoms with Gasteiger partial charge in [0.05, 0.1) is 0 Å². The molecule has 0 spiro atoms. The third kappa shape index (κ3) is 4.17. The van der Waals surface area contributed by atoms with Crippen LogP contribution in [0.1, 0.15) is 12.5 Å². The topological polar surface area (TPSA) is 29.5 Å². The number of methoxy groups -OCH3 is 1. The van der Waals surface area contributed by atoms with Crippen LogP contribution in [0.3, 0.4) is 0 Å². The maximum atomic E-state index is 11.9. The van der Waals surface area contributed by atoms with Gasteiger partial charge < -0.3 is 9.64 Å². The molecule has 4 heteroatoms. The van der Waals surface area contributed by atoms with Gasteiger partial charge in [0.15, 0.2) is 6.10 Å². The van der Waals surface area contributed by atoms with Gasteiger partial charge >= 0.3 is 0 Å². The summed E-state index contributed by atoms with van der Waals surface area (Å²) < 4.78 is 6.07. The monoisotopic (exact) mass is 309 g/mol. The molecule has 96 valence electrons. The molecule has 0 heterocycles. The highest BCUT2D eigenvalue weighted by atomic mass is 79.9. The lowest BCUT2D eigenvalue weighted by molar-refractivity contribution is -0.137. The van der Waals surface area contributed by atoms with Crippen LogP contribution >= 0.6 is 15.9 Å². The molecule has 1 amide bonds. The Balaban J connectivity index is 2.84. The van der Waals surface area contributed by atoms with Crippen LogP contribution in [-0.4, -0.2) is 37.6 Å². The lowest BCUT2D eigenvalue weighted by atomic mass is 10.2. The third-order valence-electron chi connectivity index (χ3n) is 2.48. The van der Waals surface area contributed by atoms with Gasteiger partial charge in [-0.25, -0.2) is 0 Å². The number of nitrogens with zero attached hydrogens (tertiary/aromatic N) is 1. The van der Waals surface area contributed by atoms with Crippen molar-refractivity contribution in [3.8, 4) is 11.8 Å². The fourth-order valence-electron chi connectivity index (χ4n) is 1.29. The van der Waals surface area contributed by atoms with Crippen molar-refractivity contribution in [1.82, 2.24) is 4.90 Å². The summed E-state index contributed by atoms with van der Waals surface area (Å²) in [7, 11) is 3.22. The first-order chi connectivity index (χ1) is 8.58. The first-order valence-electron chi connectivity index (χ1n) is 5.63. The minimum atomic E-state index is -0.714. The van der Waals surface area contributed by atoms with Gasteiger partial charge in [0, 0.05) is 30.7 Å². The molecule has 0 radical (unpaired) electrons. The Morgan fingerprint density at radius 1 is 1.56 bits per heavy atom. The second kappa shape index (κ2) is 7.20. The molecule has 1 unspecified atom stereocenters. The zero-order chi connectivity index (χ0) is 13.5. The maximum Gasteiger partial charge on any atom is 0.263 e. The Morgan fingerprint density at radius 3 is 2.83 bits per heavy atom. The molecule has 0 saturated carbocycles. The van der Waals surface area contributed by atoms with Crippen LogP contribution in [0, 0.1) is 11.8 Å². The van der Waals surface area contributed by atoms with Gasteiger partial charge in [-0.2, -0.15) is 0 Å². The van der Waals surface area contributed by atoms with Gasteiger partial charge in [-0.05, 0) is 25.1 Å². The van der Waals surface area contributed by atoms with E-state index < -0.39 is 6.10 Å². The minimum Gasteiger partial charge on any atom is -0.359 e. The number of carbonyl (C=O) groups is 1. The molecule has 0 fully saturated rings. The quantitative estimate of drug-likeness (QED) is 0.802. The Labute approximate surface area is 116 Å². The lowest BCUT2D eigenvalue weighted by Crippen LogP contribution is -2.36. The summed E-state index contributed by atoms with van der Waals surface area (Å²) in [4.78, 5) is 13.5. The summed E-state index contributed by atoms with van der Waals surface area (Å²) in [6, 6.07) is 7.61. The molecule has 1 atom stereocenters. The molecule has 0 aromatic heterocycles. The van der Waals surface area contributed by atoms with E-state index in [4.69, 9.17) is 4.74 Å². The lowest BCUT2D eigenvalue weighted by Gasteiger charge is -2.17. The molecule has 18 heavy (non-hydrogen) atoms. The van der Waals surface area contributed by atoms with E-state index in [0.29, 0.717) is 6.54 Å². The largest absolute Gasteiger partial charge is 0.359 e. The molecule has 3 nitrogen and oxygen atoms in total. The van der Waals surface area contributed by atoms with E-state index >= 15 is 0 Å². The molecule has 1 aromatic rings. The van der Waals surface area contributed by atoms with Crippen molar-refractivity contribution < 1.29 is 9.53 Å². The second-order valence-corrected chi connectivity index (χ2v) is 4.66. The average molecular weight is 310 g/mol. The van der Waals surface area contributed by atoms with Gasteiger partial charge in [0.2, 0.25) is 0 Å². The predicted octanol–water partition coefficient (Wildman–Crippen LogP) is 2.29. The number of benzene rings is 1. The molecule has 0 bridgehead atoms. The molecule has 1 rings (SSSR count). The molecule has 0 N–H and O–H groups in total. The number of amides is 1. The Bertz CT molecular complexity index is 476. The molecular formula is C14H16BrNO2. The minimum absolute atomic E-state index is 0.123. The second-order valence-electron chi connectivity index (χ2n) is 3.75. The molecule has 0 saturated heterocycles. The van der Waals surface area contributed by atoms with Crippen molar-refractivity contribution in [1.29, 1.82) is 0 Å². The van der Waals surface area contributed by atoms with E-state index in [0.717, 1.165) is 10.0 Å². The first-order valence-corrected chi connectivity index (χ1v) is 6.42. The van der Waals surface area contributed by atoms with Crippen LogP contribution in [0.2, 0.25) is 0 Å².